The van der Waals surface area contributed by atoms with E-state index in [4.69, 9.17) is 16.6 Å². The van der Waals surface area contributed by atoms with Crippen molar-refractivity contribution in [3.8, 4) is 11.3 Å². The van der Waals surface area contributed by atoms with Crippen LogP contribution in [-0.2, 0) is 4.79 Å². The average Bonchev–Trinajstić information content (AvgIpc) is 3.39. The molecule has 0 aliphatic carbocycles. The van der Waals surface area contributed by atoms with Crippen LogP contribution in [0.2, 0.25) is 0 Å². The monoisotopic (exact) mass is 492 g/mol. The zero-order valence-corrected chi connectivity index (χ0v) is 20.7. The topological polar surface area (TPSA) is 74.0 Å². The fourth-order valence-corrected chi connectivity index (χ4v) is 5.10. The van der Waals surface area contributed by atoms with Crippen LogP contribution in [0.15, 0.2) is 63.9 Å². The first-order valence-electron chi connectivity index (χ1n) is 10.9. The van der Waals surface area contributed by atoms with Crippen molar-refractivity contribution in [2.24, 2.45) is 0 Å². The van der Waals surface area contributed by atoms with E-state index in [0.717, 1.165) is 30.0 Å². The standard InChI is InChI=1S/C26H24N2O4S2/c1-4-27(5-2)18-8-10-19(11-9-18)28-24(29)23(34-26(28)33)15-20-12-13-22(32-20)21-14-17(25(30)31)7-6-16(21)3/h6-15H,4-5H2,1-3H3,(H,30,31)/b23-15+. The number of carbonyl (C=O) groups is 2. The van der Waals surface area contributed by atoms with Gasteiger partial charge in [-0.05, 0) is 74.9 Å². The van der Waals surface area contributed by atoms with Gasteiger partial charge in [-0.3, -0.25) is 9.69 Å². The number of carbonyl (C=O) groups excluding carboxylic acids is 1. The molecule has 3 aromatic rings. The van der Waals surface area contributed by atoms with E-state index in [1.165, 1.54) is 16.7 Å². The molecule has 2 heterocycles. The van der Waals surface area contributed by atoms with E-state index in [9.17, 15) is 14.7 Å². The number of carboxylic acid groups (broad SMARTS) is 1. The molecule has 1 N–H and O–H groups in total. The smallest absolute Gasteiger partial charge is 0.335 e. The van der Waals surface area contributed by atoms with Gasteiger partial charge in [-0.2, -0.15) is 0 Å². The lowest BCUT2D eigenvalue weighted by molar-refractivity contribution is -0.113. The number of thiocarbonyl (C=S) groups is 1. The highest BCUT2D eigenvalue weighted by molar-refractivity contribution is 8.27. The normalized spacial score (nSPS) is 14.8. The van der Waals surface area contributed by atoms with Crippen molar-refractivity contribution in [1.29, 1.82) is 0 Å². The maximum atomic E-state index is 13.1. The van der Waals surface area contributed by atoms with E-state index < -0.39 is 5.97 Å². The third-order valence-electron chi connectivity index (χ3n) is 5.68. The van der Waals surface area contributed by atoms with Crippen molar-refractivity contribution in [3.05, 3.63) is 76.4 Å². The van der Waals surface area contributed by atoms with Gasteiger partial charge in [0.2, 0.25) is 0 Å². The Hall–Kier alpha value is -3.36. The number of benzene rings is 2. The number of furan rings is 1. The van der Waals surface area contributed by atoms with Crippen LogP contribution in [0.5, 0.6) is 0 Å². The van der Waals surface area contributed by atoms with Gasteiger partial charge >= 0.3 is 5.97 Å². The fourth-order valence-electron chi connectivity index (χ4n) is 3.82. The molecule has 2 aromatic carbocycles. The first kappa shape index (κ1) is 23.8. The maximum absolute atomic E-state index is 13.1. The highest BCUT2D eigenvalue weighted by atomic mass is 32.2. The summed E-state index contributed by atoms with van der Waals surface area (Å²) in [6.07, 6.45) is 1.67. The van der Waals surface area contributed by atoms with Gasteiger partial charge in [-0.25, -0.2) is 4.79 Å². The van der Waals surface area contributed by atoms with Gasteiger partial charge in [0.1, 0.15) is 11.5 Å². The van der Waals surface area contributed by atoms with E-state index >= 15 is 0 Å². The Morgan fingerprint density at radius 2 is 1.82 bits per heavy atom. The molecular weight excluding hydrogens is 468 g/mol. The van der Waals surface area contributed by atoms with Crippen molar-refractivity contribution < 1.29 is 19.1 Å². The van der Waals surface area contributed by atoms with Gasteiger partial charge in [0.25, 0.3) is 5.91 Å². The predicted molar refractivity (Wildman–Crippen MR) is 141 cm³/mol. The van der Waals surface area contributed by atoms with Gasteiger partial charge in [-0.1, -0.05) is 30.0 Å². The van der Waals surface area contributed by atoms with E-state index in [2.05, 4.69) is 18.7 Å². The minimum Gasteiger partial charge on any atom is -0.478 e. The van der Waals surface area contributed by atoms with E-state index in [1.807, 2.05) is 31.2 Å². The molecule has 1 saturated heterocycles. The van der Waals surface area contributed by atoms with E-state index in [1.54, 1.807) is 36.4 Å². The number of aromatic carboxylic acids is 1. The molecule has 0 unspecified atom stereocenters. The molecule has 34 heavy (non-hydrogen) atoms. The van der Waals surface area contributed by atoms with Crippen LogP contribution in [0.1, 0.15) is 35.5 Å². The predicted octanol–water partition coefficient (Wildman–Crippen LogP) is 6.21. The Bertz CT molecular complexity index is 1290. The van der Waals surface area contributed by atoms with Crippen LogP contribution in [0.3, 0.4) is 0 Å². The molecule has 0 saturated carbocycles. The number of rotatable bonds is 7. The first-order chi connectivity index (χ1) is 16.3. The molecular formula is C26H24N2O4S2. The number of thioether (sulfide) groups is 1. The second-order valence-corrected chi connectivity index (χ2v) is 9.42. The Kier molecular flexibility index (Phi) is 6.90. The van der Waals surface area contributed by atoms with Crippen molar-refractivity contribution >= 4 is 57.6 Å². The minimum absolute atomic E-state index is 0.187. The molecule has 1 amide bonds. The maximum Gasteiger partial charge on any atom is 0.335 e. The number of aryl methyl sites for hydroxylation is 1. The van der Waals surface area contributed by atoms with Gasteiger partial charge < -0.3 is 14.4 Å². The molecule has 0 radical (unpaired) electrons. The lowest BCUT2D eigenvalue weighted by Crippen LogP contribution is -2.27. The summed E-state index contributed by atoms with van der Waals surface area (Å²) in [5, 5.41) is 9.28. The first-order valence-corrected chi connectivity index (χ1v) is 12.1. The molecule has 1 fully saturated rings. The number of anilines is 2. The van der Waals surface area contributed by atoms with Crippen LogP contribution in [0.4, 0.5) is 11.4 Å². The molecule has 1 aliphatic rings. The Morgan fingerprint density at radius 1 is 1.12 bits per heavy atom. The second kappa shape index (κ2) is 9.87. The number of carboxylic acids is 1. The van der Waals surface area contributed by atoms with E-state index in [0.29, 0.717) is 26.3 Å². The summed E-state index contributed by atoms with van der Waals surface area (Å²) in [5.74, 6) is -0.170. The SMILES string of the molecule is CCN(CC)c1ccc(N2C(=O)/C(=C\c3ccc(-c4cc(C(=O)O)ccc4C)o3)SC2=S)cc1. The summed E-state index contributed by atoms with van der Waals surface area (Å²) in [6.45, 7) is 7.92. The highest BCUT2D eigenvalue weighted by Crippen LogP contribution is 2.37. The largest absolute Gasteiger partial charge is 0.478 e. The Labute approximate surface area is 207 Å². The van der Waals surface area contributed by atoms with Crippen LogP contribution in [0.25, 0.3) is 17.4 Å². The quantitative estimate of drug-likeness (QED) is 0.311. The second-order valence-electron chi connectivity index (χ2n) is 7.74. The summed E-state index contributed by atoms with van der Waals surface area (Å²) in [6, 6.07) is 16.2. The zero-order valence-electron chi connectivity index (χ0n) is 19.1. The molecule has 174 valence electrons. The summed E-state index contributed by atoms with van der Waals surface area (Å²) >= 11 is 6.72. The molecule has 4 rings (SSSR count). The molecule has 6 nitrogen and oxygen atoms in total. The number of amides is 1. The summed E-state index contributed by atoms with van der Waals surface area (Å²) in [7, 11) is 0. The Balaban J connectivity index is 1.57. The van der Waals surface area contributed by atoms with Crippen LogP contribution < -0.4 is 9.80 Å². The van der Waals surface area contributed by atoms with Crippen LogP contribution in [-0.4, -0.2) is 34.4 Å². The van der Waals surface area contributed by atoms with Crippen molar-refractivity contribution in [2.75, 3.05) is 22.9 Å². The highest BCUT2D eigenvalue weighted by Gasteiger charge is 2.33. The Morgan fingerprint density at radius 3 is 2.47 bits per heavy atom. The van der Waals surface area contributed by atoms with Crippen molar-refractivity contribution in [1.82, 2.24) is 0 Å². The van der Waals surface area contributed by atoms with Gasteiger partial charge in [-0.15, -0.1) is 0 Å². The molecule has 1 aromatic heterocycles. The molecule has 8 heteroatoms. The number of nitrogens with zero attached hydrogens (tertiary/aromatic N) is 2. The lowest BCUT2D eigenvalue weighted by Gasteiger charge is -2.22. The van der Waals surface area contributed by atoms with Crippen LogP contribution >= 0.6 is 24.0 Å². The van der Waals surface area contributed by atoms with Gasteiger partial charge in [0.05, 0.1) is 16.2 Å². The number of hydrogen-bond acceptors (Lipinski definition) is 6. The summed E-state index contributed by atoms with van der Waals surface area (Å²) in [5.41, 5.74) is 3.60. The summed E-state index contributed by atoms with van der Waals surface area (Å²) < 4.78 is 6.40. The van der Waals surface area contributed by atoms with Gasteiger partial charge in [0, 0.05) is 30.4 Å². The molecule has 0 bridgehead atoms. The third-order valence-corrected chi connectivity index (χ3v) is 6.98. The zero-order chi connectivity index (χ0) is 24.4. The average molecular weight is 493 g/mol. The fraction of sp³-hybridized carbons (Fsp3) is 0.192. The third kappa shape index (κ3) is 4.64. The summed E-state index contributed by atoms with van der Waals surface area (Å²) in [4.78, 5) is 28.7. The molecule has 0 atom stereocenters. The van der Waals surface area contributed by atoms with Gasteiger partial charge in [0.15, 0.2) is 4.32 Å². The molecule has 0 spiro atoms. The molecule has 1 aliphatic heterocycles. The van der Waals surface area contributed by atoms with Crippen molar-refractivity contribution in [3.63, 3.8) is 0 Å². The van der Waals surface area contributed by atoms with Crippen molar-refractivity contribution in [2.45, 2.75) is 20.8 Å². The van der Waals surface area contributed by atoms with Crippen LogP contribution in [0, 0.1) is 6.92 Å². The number of hydrogen-bond donors (Lipinski definition) is 1. The minimum atomic E-state index is -0.998. The lowest BCUT2D eigenvalue weighted by atomic mass is 10.0. The van der Waals surface area contributed by atoms with E-state index in [-0.39, 0.29) is 11.5 Å².